The zero-order valence-electron chi connectivity index (χ0n) is 16.4. The molecule has 0 aliphatic heterocycles. The molecule has 0 aliphatic carbocycles. The van der Waals surface area contributed by atoms with Crippen molar-refractivity contribution in [2.24, 2.45) is 0 Å². The first-order valence-electron chi connectivity index (χ1n) is 9.13. The highest BCUT2D eigenvalue weighted by molar-refractivity contribution is 7.13. The van der Waals surface area contributed by atoms with E-state index in [2.05, 4.69) is 15.2 Å². The topological polar surface area (TPSA) is 54.5 Å². The van der Waals surface area contributed by atoms with Gasteiger partial charge < -0.3 is 15.0 Å². The molecular weight excluding hydrogens is 370 g/mol. The molecule has 6 heteroatoms. The van der Waals surface area contributed by atoms with Crippen LogP contribution < -0.4 is 10.1 Å². The summed E-state index contributed by atoms with van der Waals surface area (Å²) in [6.45, 7) is 0.536. The molecule has 1 N–H and O–H groups in total. The van der Waals surface area contributed by atoms with Crippen molar-refractivity contribution in [3.05, 3.63) is 71.2 Å². The smallest absolute Gasteiger partial charge is 0.226 e. The van der Waals surface area contributed by atoms with E-state index in [9.17, 15) is 4.79 Å². The number of hydrogen-bond acceptors (Lipinski definition) is 5. The normalized spacial score (nSPS) is 12.0. The number of benzene rings is 2. The van der Waals surface area contributed by atoms with Crippen molar-refractivity contribution in [3.63, 3.8) is 0 Å². The van der Waals surface area contributed by atoms with Crippen LogP contribution in [0.4, 0.5) is 0 Å². The fourth-order valence-electron chi connectivity index (χ4n) is 2.96. The second-order valence-corrected chi connectivity index (χ2v) is 7.60. The molecule has 1 amide bonds. The van der Waals surface area contributed by atoms with Crippen LogP contribution in [0.5, 0.6) is 5.75 Å². The number of carbonyl (C=O) groups is 1. The van der Waals surface area contributed by atoms with Crippen LogP contribution in [0, 0.1) is 0 Å². The number of likely N-dealkylation sites (N-methyl/N-ethyl adjacent to an activating group) is 1. The molecule has 0 fully saturated rings. The lowest BCUT2D eigenvalue weighted by atomic mass is 10.1. The summed E-state index contributed by atoms with van der Waals surface area (Å²) < 4.78 is 5.22. The zero-order chi connectivity index (χ0) is 19.9. The van der Waals surface area contributed by atoms with Crippen LogP contribution in [0.2, 0.25) is 0 Å². The van der Waals surface area contributed by atoms with Gasteiger partial charge in [-0.2, -0.15) is 0 Å². The second kappa shape index (κ2) is 9.48. The number of aromatic nitrogens is 1. The Kier molecular flexibility index (Phi) is 6.79. The van der Waals surface area contributed by atoms with E-state index in [0.717, 1.165) is 27.6 Å². The van der Waals surface area contributed by atoms with Gasteiger partial charge in [0.1, 0.15) is 10.8 Å². The maximum atomic E-state index is 12.4. The number of methoxy groups -OCH3 is 1. The largest absolute Gasteiger partial charge is 0.497 e. The van der Waals surface area contributed by atoms with Crippen LogP contribution in [-0.2, 0) is 11.2 Å². The van der Waals surface area contributed by atoms with Gasteiger partial charge >= 0.3 is 0 Å². The van der Waals surface area contributed by atoms with E-state index < -0.39 is 0 Å². The Morgan fingerprint density at radius 2 is 1.86 bits per heavy atom. The molecule has 2 aromatic carbocycles. The predicted molar refractivity (Wildman–Crippen MR) is 114 cm³/mol. The average Bonchev–Trinajstić information content (AvgIpc) is 3.17. The van der Waals surface area contributed by atoms with E-state index in [0.29, 0.717) is 6.54 Å². The first kappa shape index (κ1) is 20.0. The summed E-state index contributed by atoms with van der Waals surface area (Å²) in [7, 11) is 5.67. The van der Waals surface area contributed by atoms with Crippen LogP contribution in [0.1, 0.15) is 17.3 Å². The molecule has 0 saturated carbocycles. The van der Waals surface area contributed by atoms with Crippen LogP contribution >= 0.6 is 11.3 Å². The minimum absolute atomic E-state index is 0.0229. The molecule has 0 saturated heterocycles. The van der Waals surface area contributed by atoms with Crippen molar-refractivity contribution >= 4 is 17.2 Å². The predicted octanol–water partition coefficient (Wildman–Crippen LogP) is 3.78. The van der Waals surface area contributed by atoms with E-state index in [-0.39, 0.29) is 18.4 Å². The molecule has 1 aromatic heterocycles. The third-order valence-electron chi connectivity index (χ3n) is 4.53. The number of carbonyl (C=O) groups excluding carboxylic acids is 1. The highest BCUT2D eigenvalue weighted by Crippen LogP contribution is 2.24. The van der Waals surface area contributed by atoms with Crippen LogP contribution in [0.15, 0.2) is 60.0 Å². The molecule has 3 rings (SSSR count). The average molecular weight is 396 g/mol. The Morgan fingerprint density at radius 1 is 1.14 bits per heavy atom. The molecule has 0 aliphatic rings. The van der Waals surface area contributed by atoms with Crippen molar-refractivity contribution in [3.8, 4) is 16.3 Å². The SMILES string of the molecule is COc1ccc(C(CNC(=O)Cc2csc(-c3ccccc3)n2)N(C)C)cc1. The second-order valence-electron chi connectivity index (χ2n) is 6.74. The quantitative estimate of drug-likeness (QED) is 0.631. The molecule has 1 heterocycles. The van der Waals surface area contributed by atoms with Crippen molar-refractivity contribution in [2.75, 3.05) is 27.7 Å². The summed E-state index contributed by atoms with van der Waals surface area (Å²) in [6.07, 6.45) is 0.284. The van der Waals surface area contributed by atoms with Gasteiger partial charge in [-0.3, -0.25) is 4.79 Å². The number of nitrogens with one attached hydrogen (secondary N) is 1. The Bertz CT molecular complexity index is 892. The molecule has 28 heavy (non-hydrogen) atoms. The number of rotatable bonds is 8. The number of hydrogen-bond donors (Lipinski definition) is 1. The van der Waals surface area contributed by atoms with Crippen LogP contribution in [-0.4, -0.2) is 43.5 Å². The Hall–Kier alpha value is -2.70. The highest BCUT2D eigenvalue weighted by atomic mass is 32.1. The maximum Gasteiger partial charge on any atom is 0.226 e. The number of thiazole rings is 1. The molecule has 1 atom stereocenters. The summed E-state index contributed by atoms with van der Waals surface area (Å²) in [5.74, 6) is 0.799. The van der Waals surface area contributed by atoms with E-state index in [1.807, 2.05) is 74.1 Å². The molecule has 0 radical (unpaired) electrons. The van der Waals surface area contributed by atoms with Gasteiger partial charge in [0.15, 0.2) is 0 Å². The minimum Gasteiger partial charge on any atom is -0.497 e. The van der Waals surface area contributed by atoms with E-state index >= 15 is 0 Å². The van der Waals surface area contributed by atoms with Crippen molar-refractivity contribution in [1.82, 2.24) is 15.2 Å². The lowest BCUT2D eigenvalue weighted by molar-refractivity contribution is -0.120. The third kappa shape index (κ3) is 5.18. The summed E-state index contributed by atoms with van der Waals surface area (Å²) in [6, 6.07) is 18.0. The summed E-state index contributed by atoms with van der Waals surface area (Å²) in [5.41, 5.74) is 3.00. The van der Waals surface area contributed by atoms with Gasteiger partial charge in [-0.15, -0.1) is 11.3 Å². The lowest BCUT2D eigenvalue weighted by Crippen LogP contribution is -2.35. The van der Waals surface area contributed by atoms with E-state index in [1.54, 1.807) is 18.4 Å². The van der Waals surface area contributed by atoms with Gasteiger partial charge in [0.25, 0.3) is 0 Å². The third-order valence-corrected chi connectivity index (χ3v) is 5.47. The Labute approximate surface area is 170 Å². The number of ether oxygens (including phenoxy) is 1. The summed E-state index contributed by atoms with van der Waals surface area (Å²) in [4.78, 5) is 19.1. The Balaban J connectivity index is 1.58. The first-order valence-corrected chi connectivity index (χ1v) is 10.0. The van der Waals surface area contributed by atoms with Gasteiger partial charge in [-0.25, -0.2) is 4.98 Å². The van der Waals surface area contributed by atoms with Gasteiger partial charge in [-0.1, -0.05) is 42.5 Å². The molecule has 1 unspecified atom stereocenters. The summed E-state index contributed by atoms with van der Waals surface area (Å²) in [5, 5.41) is 5.93. The van der Waals surface area contributed by atoms with Gasteiger partial charge in [0.2, 0.25) is 5.91 Å². The number of nitrogens with zero attached hydrogens (tertiary/aromatic N) is 2. The molecule has 0 spiro atoms. The van der Waals surface area contributed by atoms with Crippen molar-refractivity contribution in [1.29, 1.82) is 0 Å². The fraction of sp³-hybridized carbons (Fsp3) is 0.273. The molecule has 5 nitrogen and oxygen atoms in total. The van der Waals surface area contributed by atoms with Gasteiger partial charge in [0, 0.05) is 17.5 Å². The standard InChI is InChI=1S/C22H25N3O2S/c1-25(2)20(16-9-11-19(27-3)12-10-16)14-23-21(26)13-18-15-28-22(24-18)17-7-5-4-6-8-17/h4-12,15,20H,13-14H2,1-3H3,(H,23,26). The lowest BCUT2D eigenvalue weighted by Gasteiger charge is -2.25. The van der Waals surface area contributed by atoms with Crippen LogP contribution in [0.25, 0.3) is 10.6 Å². The molecular formula is C22H25N3O2S. The highest BCUT2D eigenvalue weighted by Gasteiger charge is 2.16. The number of amides is 1. The van der Waals surface area contributed by atoms with Crippen molar-refractivity contribution < 1.29 is 9.53 Å². The minimum atomic E-state index is -0.0229. The maximum absolute atomic E-state index is 12.4. The Morgan fingerprint density at radius 3 is 2.50 bits per heavy atom. The molecule has 3 aromatic rings. The fourth-order valence-corrected chi connectivity index (χ4v) is 3.79. The monoisotopic (exact) mass is 395 g/mol. The zero-order valence-corrected chi connectivity index (χ0v) is 17.2. The van der Waals surface area contributed by atoms with Gasteiger partial charge in [-0.05, 0) is 31.8 Å². The van der Waals surface area contributed by atoms with Gasteiger partial charge in [0.05, 0.1) is 25.3 Å². The summed E-state index contributed by atoms with van der Waals surface area (Å²) >= 11 is 1.56. The molecule has 146 valence electrons. The van der Waals surface area contributed by atoms with E-state index in [4.69, 9.17) is 4.74 Å². The van der Waals surface area contributed by atoms with E-state index in [1.165, 1.54) is 0 Å². The van der Waals surface area contributed by atoms with Crippen LogP contribution in [0.3, 0.4) is 0 Å². The van der Waals surface area contributed by atoms with Crippen molar-refractivity contribution in [2.45, 2.75) is 12.5 Å². The molecule has 0 bridgehead atoms. The first-order chi connectivity index (χ1) is 13.6.